The molecule has 20 heavy (non-hydrogen) atoms. The zero-order valence-corrected chi connectivity index (χ0v) is 13.0. The van der Waals surface area contributed by atoms with Gasteiger partial charge in [0.25, 0.3) is 0 Å². The third-order valence-corrected chi connectivity index (χ3v) is 3.31. The van der Waals surface area contributed by atoms with Crippen LogP contribution in [0, 0.1) is 11.8 Å². The van der Waals surface area contributed by atoms with Gasteiger partial charge in [0.15, 0.2) is 0 Å². The van der Waals surface area contributed by atoms with Crippen molar-refractivity contribution in [3.05, 3.63) is 36.0 Å². The zero-order chi connectivity index (χ0) is 14.6. The lowest BCUT2D eigenvalue weighted by atomic mass is 10.1. The summed E-state index contributed by atoms with van der Waals surface area (Å²) in [4.78, 5) is 0. The first-order chi connectivity index (χ1) is 9.49. The topological polar surface area (TPSA) is 17.0 Å². The van der Waals surface area contributed by atoms with Crippen molar-refractivity contribution in [3.8, 4) is 11.8 Å². The Hall–Kier alpha value is -1.72. The fourth-order valence-electron chi connectivity index (χ4n) is 2.22. The lowest BCUT2D eigenvalue weighted by Gasteiger charge is -2.20. The van der Waals surface area contributed by atoms with Crippen molar-refractivity contribution in [2.45, 2.75) is 52.7 Å². The smallest absolute Gasteiger partial charge is 0.0480 e. The maximum absolute atomic E-state index is 3.53. The van der Waals surface area contributed by atoms with Gasteiger partial charge in [0, 0.05) is 36.8 Å². The van der Waals surface area contributed by atoms with Crippen molar-refractivity contribution in [1.29, 1.82) is 0 Å². The van der Waals surface area contributed by atoms with Crippen LogP contribution in [-0.2, 0) is 13.1 Å². The summed E-state index contributed by atoms with van der Waals surface area (Å²) in [6.45, 7) is 10.3. The van der Waals surface area contributed by atoms with Crippen LogP contribution in [-0.4, -0.2) is 10.1 Å². The van der Waals surface area contributed by atoms with E-state index in [-0.39, 0.29) is 5.54 Å². The molecule has 1 heterocycles. The van der Waals surface area contributed by atoms with E-state index in [2.05, 4.69) is 73.0 Å². The van der Waals surface area contributed by atoms with Crippen LogP contribution in [0.3, 0.4) is 0 Å². The summed E-state index contributed by atoms with van der Waals surface area (Å²) in [6, 6.07) is 8.89. The molecule has 2 aromatic rings. The summed E-state index contributed by atoms with van der Waals surface area (Å²) >= 11 is 0. The van der Waals surface area contributed by atoms with Gasteiger partial charge in [0.1, 0.15) is 0 Å². The molecule has 0 aliphatic rings. The molecule has 0 amide bonds. The summed E-state index contributed by atoms with van der Waals surface area (Å²) in [5.41, 5.74) is 2.78. The second kappa shape index (κ2) is 6.15. The Morgan fingerprint density at radius 2 is 2.00 bits per heavy atom. The van der Waals surface area contributed by atoms with Gasteiger partial charge < -0.3 is 9.88 Å². The predicted octanol–water partition coefficient (Wildman–Crippen LogP) is 3.94. The van der Waals surface area contributed by atoms with Gasteiger partial charge in [-0.25, -0.2) is 0 Å². The Bertz CT molecular complexity index is 633. The third-order valence-electron chi connectivity index (χ3n) is 3.31. The molecule has 2 nitrogen and oxygen atoms in total. The van der Waals surface area contributed by atoms with E-state index in [1.807, 2.05) is 6.92 Å². The summed E-state index contributed by atoms with van der Waals surface area (Å²) in [7, 11) is 0. The molecule has 1 aromatic heterocycles. The van der Waals surface area contributed by atoms with E-state index in [1.54, 1.807) is 0 Å². The van der Waals surface area contributed by atoms with E-state index >= 15 is 0 Å². The summed E-state index contributed by atoms with van der Waals surface area (Å²) in [6.07, 6.45) is 3.07. The van der Waals surface area contributed by atoms with Crippen LogP contribution in [0.5, 0.6) is 0 Å². The standard InChI is InChI=1S/C18H24N2/c1-5-6-7-11-20-12-10-16-13-15(8-9-17(16)20)14-19-18(2,3)4/h8-10,12-13,19H,7,11,14H2,1-4H3. The molecule has 2 heteroatoms. The van der Waals surface area contributed by atoms with Gasteiger partial charge in [-0.15, -0.1) is 11.8 Å². The fourth-order valence-corrected chi connectivity index (χ4v) is 2.22. The van der Waals surface area contributed by atoms with E-state index in [0.717, 1.165) is 19.5 Å². The number of benzene rings is 1. The van der Waals surface area contributed by atoms with Crippen molar-refractivity contribution >= 4 is 10.9 Å². The molecule has 0 saturated carbocycles. The first-order valence-electron chi connectivity index (χ1n) is 7.22. The normalized spacial score (nSPS) is 11.4. The highest BCUT2D eigenvalue weighted by Gasteiger charge is 2.09. The minimum Gasteiger partial charge on any atom is -0.347 e. The van der Waals surface area contributed by atoms with Crippen LogP contribution in [0.15, 0.2) is 30.5 Å². The number of hydrogen-bond donors (Lipinski definition) is 1. The van der Waals surface area contributed by atoms with Gasteiger partial charge in [-0.1, -0.05) is 6.07 Å². The molecule has 106 valence electrons. The molecular formula is C18H24N2. The highest BCUT2D eigenvalue weighted by Crippen LogP contribution is 2.18. The lowest BCUT2D eigenvalue weighted by molar-refractivity contribution is 0.424. The Morgan fingerprint density at radius 3 is 2.70 bits per heavy atom. The average Bonchev–Trinajstić information content (AvgIpc) is 2.79. The molecule has 0 radical (unpaired) electrons. The van der Waals surface area contributed by atoms with Gasteiger partial charge in [-0.05, 0) is 56.8 Å². The maximum atomic E-state index is 3.53. The minimum absolute atomic E-state index is 0.152. The molecule has 1 N–H and O–H groups in total. The van der Waals surface area contributed by atoms with Crippen LogP contribution in [0.4, 0.5) is 0 Å². The highest BCUT2D eigenvalue weighted by atomic mass is 15.0. The van der Waals surface area contributed by atoms with Crippen LogP contribution < -0.4 is 5.32 Å². The van der Waals surface area contributed by atoms with Crippen molar-refractivity contribution < 1.29 is 0 Å². The number of hydrogen-bond acceptors (Lipinski definition) is 1. The maximum Gasteiger partial charge on any atom is 0.0480 e. The third kappa shape index (κ3) is 3.88. The van der Waals surface area contributed by atoms with Gasteiger partial charge in [-0.3, -0.25) is 0 Å². The van der Waals surface area contributed by atoms with Gasteiger partial charge in [-0.2, -0.15) is 0 Å². The van der Waals surface area contributed by atoms with E-state index in [0.29, 0.717) is 0 Å². The zero-order valence-electron chi connectivity index (χ0n) is 13.0. The van der Waals surface area contributed by atoms with Crippen molar-refractivity contribution in [3.63, 3.8) is 0 Å². The monoisotopic (exact) mass is 268 g/mol. The molecule has 0 saturated heterocycles. The number of nitrogens with one attached hydrogen (secondary N) is 1. The average molecular weight is 268 g/mol. The number of aromatic nitrogens is 1. The minimum atomic E-state index is 0.152. The molecule has 0 unspecified atom stereocenters. The first-order valence-corrected chi connectivity index (χ1v) is 7.22. The Morgan fingerprint density at radius 1 is 1.20 bits per heavy atom. The van der Waals surface area contributed by atoms with Crippen LogP contribution >= 0.6 is 0 Å². The Labute approximate surface area is 122 Å². The number of aryl methyl sites for hydroxylation is 1. The van der Waals surface area contributed by atoms with E-state index in [9.17, 15) is 0 Å². The SMILES string of the molecule is CC#CCCn1ccc2cc(CNC(C)(C)C)ccc21. The molecule has 0 bridgehead atoms. The summed E-state index contributed by atoms with van der Waals surface area (Å²) < 4.78 is 2.28. The van der Waals surface area contributed by atoms with Gasteiger partial charge in [0.05, 0.1) is 0 Å². The van der Waals surface area contributed by atoms with Crippen molar-refractivity contribution in [1.82, 2.24) is 9.88 Å². The molecule has 2 rings (SSSR count). The largest absolute Gasteiger partial charge is 0.347 e. The molecule has 0 aliphatic carbocycles. The Balaban J connectivity index is 2.12. The van der Waals surface area contributed by atoms with Gasteiger partial charge >= 0.3 is 0 Å². The summed E-state index contributed by atoms with van der Waals surface area (Å²) in [5.74, 6) is 6.07. The number of nitrogens with zero attached hydrogens (tertiary/aromatic N) is 1. The molecule has 1 aromatic carbocycles. The highest BCUT2D eigenvalue weighted by molar-refractivity contribution is 5.80. The van der Waals surface area contributed by atoms with Crippen LogP contribution in [0.1, 0.15) is 39.7 Å². The van der Waals surface area contributed by atoms with Crippen LogP contribution in [0.25, 0.3) is 10.9 Å². The predicted molar refractivity (Wildman–Crippen MR) is 86.6 cm³/mol. The van der Waals surface area contributed by atoms with Crippen LogP contribution in [0.2, 0.25) is 0 Å². The van der Waals surface area contributed by atoms with Gasteiger partial charge in [0.2, 0.25) is 0 Å². The fraction of sp³-hybridized carbons (Fsp3) is 0.444. The van der Waals surface area contributed by atoms with Crippen molar-refractivity contribution in [2.75, 3.05) is 0 Å². The molecule has 0 spiro atoms. The molecule has 0 aliphatic heterocycles. The quantitative estimate of drug-likeness (QED) is 0.831. The number of rotatable bonds is 4. The first kappa shape index (κ1) is 14.7. The second-order valence-electron chi connectivity index (χ2n) is 6.18. The Kier molecular flexibility index (Phi) is 4.52. The van der Waals surface area contributed by atoms with Crippen molar-refractivity contribution in [2.24, 2.45) is 0 Å². The molecular weight excluding hydrogens is 244 g/mol. The summed E-state index contributed by atoms with van der Waals surface area (Å²) in [5, 5.41) is 4.83. The second-order valence-corrected chi connectivity index (χ2v) is 6.18. The van der Waals surface area contributed by atoms with E-state index in [1.165, 1.54) is 16.5 Å². The molecule has 0 atom stereocenters. The van der Waals surface area contributed by atoms with E-state index < -0.39 is 0 Å². The lowest BCUT2D eigenvalue weighted by Crippen LogP contribution is -2.35. The number of fused-ring (bicyclic) bond motifs is 1. The van der Waals surface area contributed by atoms with E-state index in [4.69, 9.17) is 0 Å². The molecule has 0 fully saturated rings.